The smallest absolute Gasteiger partial charge is 0.206 e. The zero-order valence-electron chi connectivity index (χ0n) is 11.2. The van der Waals surface area contributed by atoms with Gasteiger partial charge >= 0.3 is 0 Å². The molecule has 0 bridgehead atoms. The summed E-state index contributed by atoms with van der Waals surface area (Å²) in [5.41, 5.74) is 1.21. The van der Waals surface area contributed by atoms with Gasteiger partial charge in [0.1, 0.15) is 0 Å². The van der Waals surface area contributed by atoms with Crippen LogP contribution in [0.1, 0.15) is 32.4 Å². The molecule has 0 spiro atoms. The lowest BCUT2D eigenvalue weighted by molar-refractivity contribution is 0.594. The SMILES string of the molecule is CCc1cn(CC)c(N2CCCC2CNC)n1. The summed E-state index contributed by atoms with van der Waals surface area (Å²) in [6, 6.07) is 0.609. The Morgan fingerprint density at radius 2 is 2.29 bits per heavy atom. The van der Waals surface area contributed by atoms with Crippen LogP contribution in [0.25, 0.3) is 0 Å². The molecule has 0 radical (unpaired) electrons. The summed E-state index contributed by atoms with van der Waals surface area (Å²) in [7, 11) is 2.03. The van der Waals surface area contributed by atoms with Gasteiger partial charge < -0.3 is 14.8 Å². The molecule has 0 aromatic carbocycles. The van der Waals surface area contributed by atoms with Crippen molar-refractivity contribution in [2.75, 3.05) is 25.0 Å². The minimum Gasteiger partial charge on any atom is -0.338 e. The van der Waals surface area contributed by atoms with E-state index in [2.05, 4.69) is 34.8 Å². The maximum absolute atomic E-state index is 4.78. The van der Waals surface area contributed by atoms with E-state index >= 15 is 0 Å². The van der Waals surface area contributed by atoms with Crippen molar-refractivity contribution in [3.63, 3.8) is 0 Å². The second-order valence-corrected chi connectivity index (χ2v) is 4.72. The molecule has 0 aliphatic carbocycles. The maximum atomic E-state index is 4.78. The Morgan fingerprint density at radius 1 is 1.47 bits per heavy atom. The van der Waals surface area contributed by atoms with Crippen molar-refractivity contribution in [1.29, 1.82) is 0 Å². The van der Waals surface area contributed by atoms with Crippen LogP contribution in [-0.2, 0) is 13.0 Å². The molecule has 1 saturated heterocycles. The van der Waals surface area contributed by atoms with Crippen LogP contribution in [0, 0.1) is 0 Å². The lowest BCUT2D eigenvalue weighted by Gasteiger charge is -2.25. The van der Waals surface area contributed by atoms with Crippen molar-refractivity contribution in [2.24, 2.45) is 0 Å². The molecule has 1 N–H and O–H groups in total. The number of likely N-dealkylation sites (N-methyl/N-ethyl adjacent to an activating group) is 1. The Hall–Kier alpha value is -1.03. The summed E-state index contributed by atoms with van der Waals surface area (Å²) < 4.78 is 2.28. The number of aromatic nitrogens is 2. The van der Waals surface area contributed by atoms with Crippen LogP contribution in [0.4, 0.5) is 5.95 Å². The van der Waals surface area contributed by atoms with Crippen molar-refractivity contribution in [3.05, 3.63) is 11.9 Å². The number of nitrogens with zero attached hydrogens (tertiary/aromatic N) is 3. The summed E-state index contributed by atoms with van der Waals surface area (Å²) in [6.45, 7) is 7.56. The molecule has 17 heavy (non-hydrogen) atoms. The molecule has 96 valence electrons. The average Bonchev–Trinajstić information content (AvgIpc) is 2.94. The van der Waals surface area contributed by atoms with Gasteiger partial charge in [-0.2, -0.15) is 0 Å². The quantitative estimate of drug-likeness (QED) is 0.844. The van der Waals surface area contributed by atoms with Crippen molar-refractivity contribution in [3.8, 4) is 0 Å². The predicted octanol–water partition coefficient (Wildman–Crippen LogP) is 1.65. The first kappa shape index (κ1) is 12.4. The maximum Gasteiger partial charge on any atom is 0.206 e. The Morgan fingerprint density at radius 3 is 2.94 bits per heavy atom. The van der Waals surface area contributed by atoms with E-state index in [1.54, 1.807) is 0 Å². The van der Waals surface area contributed by atoms with E-state index in [4.69, 9.17) is 4.98 Å². The molecule has 0 saturated carbocycles. The lowest BCUT2D eigenvalue weighted by Crippen LogP contribution is -2.38. The molecule has 2 heterocycles. The van der Waals surface area contributed by atoms with Gasteiger partial charge in [0.2, 0.25) is 5.95 Å². The van der Waals surface area contributed by atoms with Crippen LogP contribution in [0.5, 0.6) is 0 Å². The van der Waals surface area contributed by atoms with Crippen LogP contribution in [-0.4, -0.2) is 35.7 Å². The summed E-state index contributed by atoms with van der Waals surface area (Å²) in [5.74, 6) is 1.17. The molecule has 4 nitrogen and oxygen atoms in total. The number of anilines is 1. The first-order valence-corrected chi connectivity index (χ1v) is 6.77. The van der Waals surface area contributed by atoms with E-state index in [-0.39, 0.29) is 0 Å². The minimum atomic E-state index is 0.609. The fourth-order valence-corrected chi connectivity index (χ4v) is 2.64. The fourth-order valence-electron chi connectivity index (χ4n) is 2.64. The average molecular weight is 236 g/mol. The largest absolute Gasteiger partial charge is 0.338 e. The standard InChI is InChI=1S/C13H24N4/c1-4-11-10-16(5-2)13(15-11)17-8-6-7-12(17)9-14-3/h10,12,14H,4-9H2,1-3H3. The highest BCUT2D eigenvalue weighted by Gasteiger charge is 2.27. The first-order chi connectivity index (χ1) is 8.30. The number of nitrogens with one attached hydrogen (secondary N) is 1. The Labute approximate surface area is 104 Å². The second-order valence-electron chi connectivity index (χ2n) is 4.72. The highest BCUT2D eigenvalue weighted by Crippen LogP contribution is 2.25. The van der Waals surface area contributed by atoms with Gasteiger partial charge in [-0.25, -0.2) is 4.98 Å². The summed E-state index contributed by atoms with van der Waals surface area (Å²) >= 11 is 0. The molecule has 1 aromatic rings. The van der Waals surface area contributed by atoms with Gasteiger partial charge in [-0.05, 0) is 33.2 Å². The molecule has 1 aliphatic rings. The van der Waals surface area contributed by atoms with E-state index in [1.807, 2.05) is 7.05 Å². The van der Waals surface area contributed by atoms with Gasteiger partial charge in [0.25, 0.3) is 0 Å². The third-order valence-electron chi connectivity index (χ3n) is 3.58. The van der Waals surface area contributed by atoms with E-state index in [1.165, 1.54) is 24.5 Å². The highest BCUT2D eigenvalue weighted by molar-refractivity contribution is 5.37. The Bertz CT molecular complexity index is 358. The molecule has 0 amide bonds. The van der Waals surface area contributed by atoms with Crippen LogP contribution in [0.3, 0.4) is 0 Å². The van der Waals surface area contributed by atoms with Gasteiger partial charge in [-0.1, -0.05) is 6.92 Å². The zero-order chi connectivity index (χ0) is 12.3. The zero-order valence-corrected chi connectivity index (χ0v) is 11.2. The predicted molar refractivity (Wildman–Crippen MR) is 71.6 cm³/mol. The molecule has 1 aromatic heterocycles. The number of hydrogen-bond acceptors (Lipinski definition) is 3. The lowest BCUT2D eigenvalue weighted by atomic mass is 10.2. The number of rotatable bonds is 5. The summed E-state index contributed by atoms with van der Waals surface area (Å²) in [4.78, 5) is 7.25. The van der Waals surface area contributed by atoms with Crippen molar-refractivity contribution < 1.29 is 0 Å². The van der Waals surface area contributed by atoms with E-state index < -0.39 is 0 Å². The summed E-state index contributed by atoms with van der Waals surface area (Å²) in [6.07, 6.45) is 5.78. The van der Waals surface area contributed by atoms with Crippen molar-refractivity contribution in [1.82, 2.24) is 14.9 Å². The monoisotopic (exact) mass is 236 g/mol. The molecular weight excluding hydrogens is 212 g/mol. The second kappa shape index (κ2) is 5.54. The van der Waals surface area contributed by atoms with Crippen molar-refractivity contribution in [2.45, 2.75) is 45.7 Å². The molecule has 1 atom stereocenters. The molecule has 2 rings (SSSR count). The van der Waals surface area contributed by atoms with Gasteiger partial charge in [-0.15, -0.1) is 0 Å². The first-order valence-electron chi connectivity index (χ1n) is 6.77. The number of hydrogen-bond donors (Lipinski definition) is 1. The van der Waals surface area contributed by atoms with Gasteiger partial charge in [-0.3, -0.25) is 0 Å². The number of imidazole rings is 1. The third-order valence-corrected chi connectivity index (χ3v) is 3.58. The van der Waals surface area contributed by atoms with Crippen LogP contribution in [0.15, 0.2) is 6.20 Å². The van der Waals surface area contributed by atoms with Crippen LogP contribution < -0.4 is 10.2 Å². The molecule has 1 unspecified atom stereocenters. The normalized spacial score (nSPS) is 20.2. The van der Waals surface area contributed by atoms with E-state index in [0.29, 0.717) is 6.04 Å². The molecule has 1 fully saturated rings. The van der Waals surface area contributed by atoms with Crippen LogP contribution >= 0.6 is 0 Å². The topological polar surface area (TPSA) is 33.1 Å². The van der Waals surface area contributed by atoms with Crippen LogP contribution in [0.2, 0.25) is 0 Å². The van der Waals surface area contributed by atoms with Gasteiger partial charge in [0.15, 0.2) is 0 Å². The van der Waals surface area contributed by atoms with E-state index in [0.717, 1.165) is 26.1 Å². The Kier molecular flexibility index (Phi) is 4.05. The fraction of sp³-hybridized carbons (Fsp3) is 0.769. The Balaban J connectivity index is 2.22. The summed E-state index contributed by atoms with van der Waals surface area (Å²) in [5, 5.41) is 3.29. The molecular formula is C13H24N4. The van der Waals surface area contributed by atoms with Gasteiger partial charge in [0.05, 0.1) is 5.69 Å². The third kappa shape index (κ3) is 2.46. The minimum absolute atomic E-state index is 0.609. The molecule has 1 aliphatic heterocycles. The van der Waals surface area contributed by atoms with Crippen molar-refractivity contribution >= 4 is 5.95 Å². The number of aryl methyl sites for hydroxylation is 2. The van der Waals surface area contributed by atoms with Gasteiger partial charge in [0, 0.05) is 31.9 Å². The highest BCUT2D eigenvalue weighted by atomic mass is 15.3. The molecule has 4 heteroatoms. The van der Waals surface area contributed by atoms with E-state index in [9.17, 15) is 0 Å².